The number of ether oxygens (including phenoxy) is 3. The lowest BCUT2D eigenvalue weighted by molar-refractivity contribution is -0.0515. The molecule has 43 heavy (non-hydrogen) atoms. The largest absolute Gasteiger partial charge is 0.506 e. The number of pyridine rings is 1. The van der Waals surface area contributed by atoms with Crippen molar-refractivity contribution in [3.8, 4) is 17.2 Å². The van der Waals surface area contributed by atoms with Gasteiger partial charge in [0, 0.05) is 25.4 Å². The fraction of sp³-hybridized carbons (Fsp3) is 0.250. The predicted molar refractivity (Wildman–Crippen MR) is 159 cm³/mol. The molecule has 0 aliphatic heterocycles. The van der Waals surface area contributed by atoms with Gasteiger partial charge in [-0.1, -0.05) is 53.5 Å². The van der Waals surface area contributed by atoms with Crippen molar-refractivity contribution in [1.29, 1.82) is 0 Å². The fourth-order valence-electron chi connectivity index (χ4n) is 4.35. The second-order valence-electron chi connectivity index (χ2n) is 10.1. The maximum absolute atomic E-state index is 13.3. The molecular weight excluding hydrogens is 601 g/mol. The summed E-state index contributed by atoms with van der Waals surface area (Å²) in [7, 11) is 0. The van der Waals surface area contributed by atoms with Gasteiger partial charge in [-0.2, -0.15) is 8.78 Å². The Bertz CT molecular complexity index is 1550. The van der Waals surface area contributed by atoms with Crippen LogP contribution in [0.3, 0.4) is 0 Å². The molecule has 2 N–H and O–H groups in total. The van der Waals surface area contributed by atoms with Gasteiger partial charge in [0.1, 0.15) is 11.9 Å². The average Bonchev–Trinajstić information content (AvgIpc) is 3.82. The van der Waals surface area contributed by atoms with E-state index in [4.69, 9.17) is 32.7 Å². The second-order valence-corrected chi connectivity index (χ2v) is 10.9. The second kappa shape index (κ2) is 13.9. The minimum absolute atomic E-state index is 0.0889. The minimum atomic E-state index is -3.03. The number of rotatable bonds is 13. The van der Waals surface area contributed by atoms with Crippen LogP contribution in [0.2, 0.25) is 10.0 Å². The standard InChI is InChI=1S/C32H28Cl2F2N2O5/c33-24-16-37-17-25(34)23(24)14-29(22-11-12-28(43-32(35)36)30(13-22)41-18-20-5-6-20)42-31(40)21-9-7-19(8-10-21)15-38-26-3-1-2-4-27(26)39/h1-4,7-13,16-17,20,29,32,38-39H,5-6,14-15,18H2/t29-/m0/s1. The molecule has 4 aromatic rings. The number of carbonyl (C=O) groups excluding carboxylic acids is 1. The summed E-state index contributed by atoms with van der Waals surface area (Å²) in [5.74, 6) is -0.1000. The van der Waals surface area contributed by atoms with Crippen molar-refractivity contribution in [2.45, 2.75) is 38.5 Å². The Hall–Kier alpha value is -4.08. The maximum atomic E-state index is 13.3. The van der Waals surface area contributed by atoms with Crippen molar-refractivity contribution in [3.63, 3.8) is 0 Å². The van der Waals surface area contributed by atoms with E-state index in [1.165, 1.54) is 30.6 Å². The molecule has 11 heteroatoms. The van der Waals surface area contributed by atoms with Crippen molar-refractivity contribution in [2.75, 3.05) is 11.9 Å². The number of nitrogens with one attached hydrogen (secondary N) is 1. The first-order valence-corrected chi connectivity index (χ1v) is 14.3. The number of para-hydroxylation sites is 2. The first-order chi connectivity index (χ1) is 20.8. The first kappa shape index (κ1) is 30.4. The number of phenols is 1. The Kier molecular flexibility index (Phi) is 9.84. The third kappa shape index (κ3) is 8.27. The lowest BCUT2D eigenvalue weighted by atomic mass is 10.0. The molecule has 0 spiro atoms. The summed E-state index contributed by atoms with van der Waals surface area (Å²) in [4.78, 5) is 17.3. The van der Waals surface area contributed by atoms with Crippen LogP contribution in [-0.2, 0) is 17.7 Å². The van der Waals surface area contributed by atoms with Gasteiger partial charge in [0.15, 0.2) is 11.5 Å². The number of nitrogens with zero attached hydrogens (tertiary/aromatic N) is 1. The number of aromatic hydroxyl groups is 1. The highest BCUT2D eigenvalue weighted by Gasteiger charge is 2.26. The van der Waals surface area contributed by atoms with Crippen LogP contribution in [0.15, 0.2) is 79.1 Å². The molecule has 0 radical (unpaired) electrons. The number of alkyl halides is 2. The van der Waals surface area contributed by atoms with E-state index in [1.54, 1.807) is 42.5 Å². The number of carbonyl (C=O) groups is 1. The minimum Gasteiger partial charge on any atom is -0.506 e. The summed E-state index contributed by atoms with van der Waals surface area (Å²) < 4.78 is 42.6. The molecule has 224 valence electrons. The Morgan fingerprint density at radius 2 is 1.72 bits per heavy atom. The van der Waals surface area contributed by atoms with Crippen molar-refractivity contribution >= 4 is 34.9 Å². The zero-order chi connectivity index (χ0) is 30.3. The van der Waals surface area contributed by atoms with Gasteiger partial charge in [-0.15, -0.1) is 0 Å². The third-order valence-corrected chi connectivity index (χ3v) is 7.55. The van der Waals surface area contributed by atoms with Crippen LogP contribution in [0, 0.1) is 5.92 Å². The zero-order valence-corrected chi connectivity index (χ0v) is 24.3. The van der Waals surface area contributed by atoms with Crippen LogP contribution < -0.4 is 14.8 Å². The molecule has 5 rings (SSSR count). The molecule has 7 nitrogen and oxygen atoms in total. The summed E-state index contributed by atoms with van der Waals surface area (Å²) in [6.07, 6.45) is 4.07. The van der Waals surface area contributed by atoms with E-state index in [2.05, 4.69) is 15.0 Å². The quantitative estimate of drug-likeness (QED) is 0.114. The maximum Gasteiger partial charge on any atom is 0.387 e. The molecule has 1 atom stereocenters. The van der Waals surface area contributed by atoms with Gasteiger partial charge in [-0.05, 0) is 71.8 Å². The average molecular weight is 629 g/mol. The molecular formula is C32H28Cl2F2N2O5. The van der Waals surface area contributed by atoms with E-state index in [-0.39, 0.29) is 33.7 Å². The summed E-state index contributed by atoms with van der Waals surface area (Å²) in [6.45, 7) is -2.25. The van der Waals surface area contributed by atoms with Gasteiger partial charge in [-0.25, -0.2) is 4.79 Å². The normalized spacial score (nSPS) is 13.4. The highest BCUT2D eigenvalue weighted by molar-refractivity contribution is 6.35. The van der Waals surface area contributed by atoms with Crippen molar-refractivity contribution in [2.24, 2.45) is 5.92 Å². The molecule has 1 saturated carbocycles. The van der Waals surface area contributed by atoms with E-state index in [0.29, 0.717) is 41.4 Å². The van der Waals surface area contributed by atoms with Crippen LogP contribution in [-0.4, -0.2) is 29.3 Å². The van der Waals surface area contributed by atoms with Crippen LogP contribution in [0.25, 0.3) is 0 Å². The van der Waals surface area contributed by atoms with Gasteiger partial charge in [0.05, 0.1) is 27.9 Å². The van der Waals surface area contributed by atoms with E-state index < -0.39 is 18.7 Å². The van der Waals surface area contributed by atoms with Crippen molar-refractivity contribution in [1.82, 2.24) is 4.98 Å². The molecule has 0 saturated heterocycles. The summed E-state index contributed by atoms with van der Waals surface area (Å²) in [6, 6.07) is 18.2. The topological polar surface area (TPSA) is 89.9 Å². The summed E-state index contributed by atoms with van der Waals surface area (Å²) >= 11 is 12.8. The monoisotopic (exact) mass is 628 g/mol. The Balaban J connectivity index is 1.37. The predicted octanol–water partition coefficient (Wildman–Crippen LogP) is 8.24. The number of hydrogen-bond donors (Lipinski definition) is 2. The number of aromatic nitrogens is 1. The van der Waals surface area contributed by atoms with Crippen LogP contribution in [0.1, 0.15) is 46.0 Å². The molecule has 3 aromatic carbocycles. The highest BCUT2D eigenvalue weighted by atomic mass is 35.5. The van der Waals surface area contributed by atoms with E-state index in [9.17, 15) is 18.7 Å². The van der Waals surface area contributed by atoms with Gasteiger partial charge in [0.25, 0.3) is 0 Å². The number of anilines is 1. The molecule has 1 aliphatic carbocycles. The lowest BCUT2D eigenvalue weighted by Gasteiger charge is -2.21. The van der Waals surface area contributed by atoms with E-state index in [0.717, 1.165) is 18.4 Å². The van der Waals surface area contributed by atoms with E-state index in [1.807, 2.05) is 6.07 Å². The Morgan fingerprint density at radius 1 is 1.00 bits per heavy atom. The van der Waals surface area contributed by atoms with Gasteiger partial charge < -0.3 is 24.6 Å². The third-order valence-electron chi connectivity index (χ3n) is 6.89. The van der Waals surface area contributed by atoms with Crippen LogP contribution >= 0.6 is 23.2 Å². The molecule has 1 aromatic heterocycles. The molecule has 0 unspecified atom stereocenters. The highest BCUT2D eigenvalue weighted by Crippen LogP contribution is 2.38. The van der Waals surface area contributed by atoms with Crippen molar-refractivity contribution in [3.05, 3.63) is 111 Å². The van der Waals surface area contributed by atoms with Crippen LogP contribution in [0.5, 0.6) is 17.2 Å². The van der Waals surface area contributed by atoms with Gasteiger partial charge >= 0.3 is 12.6 Å². The lowest BCUT2D eigenvalue weighted by Crippen LogP contribution is -2.15. The number of phenolic OH excluding ortho intramolecular Hbond substituents is 1. The first-order valence-electron chi connectivity index (χ1n) is 13.6. The molecule has 1 fully saturated rings. The van der Waals surface area contributed by atoms with Gasteiger partial charge in [0.2, 0.25) is 0 Å². The van der Waals surface area contributed by atoms with Crippen molar-refractivity contribution < 1.29 is 32.9 Å². The fourth-order valence-corrected chi connectivity index (χ4v) is 4.86. The zero-order valence-electron chi connectivity index (χ0n) is 22.8. The van der Waals surface area contributed by atoms with E-state index >= 15 is 0 Å². The number of esters is 1. The Morgan fingerprint density at radius 3 is 2.40 bits per heavy atom. The van der Waals surface area contributed by atoms with Crippen LogP contribution in [0.4, 0.5) is 14.5 Å². The summed E-state index contributed by atoms with van der Waals surface area (Å²) in [5.41, 5.74) is 2.75. The molecule has 0 bridgehead atoms. The number of benzene rings is 3. The van der Waals surface area contributed by atoms with Gasteiger partial charge in [-0.3, -0.25) is 4.98 Å². The smallest absolute Gasteiger partial charge is 0.387 e. The molecule has 1 aliphatic rings. The molecule has 1 heterocycles. The summed E-state index contributed by atoms with van der Waals surface area (Å²) in [5, 5.41) is 13.7. The Labute approximate surface area is 257 Å². The number of hydrogen-bond acceptors (Lipinski definition) is 7. The molecule has 0 amide bonds. The number of halogens is 4. The SMILES string of the molecule is O=C(O[C@@H](Cc1c(Cl)cncc1Cl)c1ccc(OC(F)F)c(OCC2CC2)c1)c1ccc(CNc2ccccc2O)cc1.